The Bertz CT molecular complexity index is 1040. The Morgan fingerprint density at radius 2 is 1.89 bits per heavy atom. The standard InChI is InChI=1S/C20H19ClN2O4S/c21-16-5-3-4-14(12-16)13-27-20(24)15-8-10-23(11-9-15)19-17-6-1-2-7-18(17)28(25,26)22-19/h1-7,12,15H,8-11,13H2. The number of likely N-dealkylation sites (tertiary alicyclic amines) is 1. The van der Waals surface area contributed by atoms with E-state index >= 15 is 0 Å². The van der Waals surface area contributed by atoms with E-state index in [-0.39, 0.29) is 23.4 Å². The average Bonchev–Trinajstić information content (AvgIpc) is 2.98. The molecule has 1 fully saturated rings. The van der Waals surface area contributed by atoms with Gasteiger partial charge >= 0.3 is 5.97 Å². The van der Waals surface area contributed by atoms with Gasteiger partial charge in [0.15, 0.2) is 5.84 Å². The van der Waals surface area contributed by atoms with Crippen LogP contribution < -0.4 is 0 Å². The lowest BCUT2D eigenvalue weighted by atomic mass is 9.96. The predicted molar refractivity (Wildman–Crippen MR) is 106 cm³/mol. The van der Waals surface area contributed by atoms with E-state index in [1.165, 1.54) is 0 Å². The van der Waals surface area contributed by atoms with Crippen LogP contribution in [0.25, 0.3) is 0 Å². The Kier molecular flexibility index (Phi) is 5.12. The molecular formula is C20H19ClN2O4S. The monoisotopic (exact) mass is 418 g/mol. The summed E-state index contributed by atoms with van der Waals surface area (Å²) in [6.45, 7) is 1.30. The molecule has 0 unspecified atom stereocenters. The van der Waals surface area contributed by atoms with Gasteiger partial charge < -0.3 is 9.64 Å². The van der Waals surface area contributed by atoms with Crippen molar-refractivity contribution in [1.82, 2.24) is 4.90 Å². The maximum absolute atomic E-state index is 12.4. The fourth-order valence-corrected chi connectivity index (χ4v) is 4.98. The Balaban J connectivity index is 1.37. The van der Waals surface area contributed by atoms with E-state index in [0.29, 0.717) is 42.4 Å². The third-order valence-electron chi connectivity index (χ3n) is 5.01. The van der Waals surface area contributed by atoms with Crippen molar-refractivity contribution in [3.05, 3.63) is 64.7 Å². The molecule has 0 aliphatic carbocycles. The van der Waals surface area contributed by atoms with Crippen LogP contribution >= 0.6 is 11.6 Å². The highest BCUT2D eigenvalue weighted by atomic mass is 35.5. The number of carbonyl (C=O) groups is 1. The molecule has 2 heterocycles. The van der Waals surface area contributed by atoms with Gasteiger partial charge in [-0.05, 0) is 42.7 Å². The molecule has 2 aromatic carbocycles. The number of fused-ring (bicyclic) bond motifs is 1. The first kappa shape index (κ1) is 19.0. The van der Waals surface area contributed by atoms with Gasteiger partial charge in [0.05, 0.1) is 5.92 Å². The zero-order valence-electron chi connectivity index (χ0n) is 15.0. The summed E-state index contributed by atoms with van der Waals surface area (Å²) in [5, 5.41) is 0.606. The van der Waals surface area contributed by atoms with E-state index in [9.17, 15) is 13.2 Å². The van der Waals surface area contributed by atoms with Gasteiger partial charge in [-0.1, -0.05) is 35.9 Å². The minimum atomic E-state index is -3.63. The van der Waals surface area contributed by atoms with Gasteiger partial charge in [0, 0.05) is 23.7 Å². The number of sulfonamides is 1. The number of rotatable bonds is 3. The number of nitrogens with zero attached hydrogens (tertiary/aromatic N) is 2. The minimum absolute atomic E-state index is 0.192. The summed E-state index contributed by atoms with van der Waals surface area (Å²) in [4.78, 5) is 14.6. The van der Waals surface area contributed by atoms with Gasteiger partial charge in [-0.3, -0.25) is 4.79 Å². The fourth-order valence-electron chi connectivity index (χ4n) is 3.54. The number of esters is 1. The van der Waals surface area contributed by atoms with Gasteiger partial charge in [-0.25, -0.2) is 0 Å². The zero-order valence-corrected chi connectivity index (χ0v) is 16.6. The Hall–Kier alpha value is -2.38. The van der Waals surface area contributed by atoms with Gasteiger partial charge in [0.1, 0.15) is 11.5 Å². The van der Waals surface area contributed by atoms with Crippen molar-refractivity contribution < 1.29 is 17.9 Å². The third-order valence-corrected chi connectivity index (χ3v) is 6.57. The lowest BCUT2D eigenvalue weighted by Crippen LogP contribution is -2.40. The van der Waals surface area contributed by atoms with Gasteiger partial charge in [-0.2, -0.15) is 8.42 Å². The number of amidine groups is 1. The molecule has 2 aromatic rings. The molecule has 8 heteroatoms. The van der Waals surface area contributed by atoms with Crippen molar-refractivity contribution in [2.45, 2.75) is 24.3 Å². The molecule has 6 nitrogen and oxygen atoms in total. The fraction of sp³-hybridized carbons (Fsp3) is 0.300. The topological polar surface area (TPSA) is 76.0 Å². The Labute approximate surface area is 168 Å². The van der Waals surface area contributed by atoms with Gasteiger partial charge in [0.25, 0.3) is 10.0 Å². The Morgan fingerprint density at radius 1 is 1.14 bits per heavy atom. The van der Waals surface area contributed by atoms with Gasteiger partial charge in [0.2, 0.25) is 0 Å². The number of halogens is 1. The molecular weight excluding hydrogens is 400 g/mol. The maximum atomic E-state index is 12.4. The molecule has 0 radical (unpaired) electrons. The first-order chi connectivity index (χ1) is 13.4. The lowest BCUT2D eigenvalue weighted by molar-refractivity contribution is -0.151. The molecule has 28 heavy (non-hydrogen) atoms. The number of hydrogen-bond donors (Lipinski definition) is 0. The largest absolute Gasteiger partial charge is 0.461 e. The highest BCUT2D eigenvalue weighted by Gasteiger charge is 2.34. The van der Waals surface area contributed by atoms with Crippen molar-refractivity contribution >= 4 is 33.4 Å². The molecule has 1 saturated heterocycles. The van der Waals surface area contributed by atoms with E-state index in [4.69, 9.17) is 16.3 Å². The summed E-state index contributed by atoms with van der Waals surface area (Å²) in [5.74, 6) is 0.0339. The molecule has 0 amide bonds. The summed E-state index contributed by atoms with van der Waals surface area (Å²) in [6.07, 6.45) is 1.19. The molecule has 0 spiro atoms. The highest BCUT2D eigenvalue weighted by molar-refractivity contribution is 7.90. The molecule has 0 aromatic heterocycles. The second kappa shape index (κ2) is 7.56. The summed E-state index contributed by atoms with van der Waals surface area (Å²) in [5.41, 5.74) is 1.48. The highest BCUT2D eigenvalue weighted by Crippen LogP contribution is 2.30. The van der Waals surface area contributed by atoms with E-state index in [2.05, 4.69) is 4.40 Å². The molecule has 2 aliphatic heterocycles. The number of piperidine rings is 1. The predicted octanol–water partition coefficient (Wildman–Crippen LogP) is 3.24. The number of benzene rings is 2. The normalized spacial score (nSPS) is 18.5. The van der Waals surface area contributed by atoms with Crippen LogP contribution in [0.1, 0.15) is 24.0 Å². The van der Waals surface area contributed by atoms with Crippen molar-refractivity contribution in [2.75, 3.05) is 13.1 Å². The van der Waals surface area contributed by atoms with Crippen LogP contribution in [0.15, 0.2) is 57.8 Å². The second-order valence-electron chi connectivity index (χ2n) is 6.89. The molecule has 0 saturated carbocycles. The van der Waals surface area contributed by atoms with Crippen molar-refractivity contribution in [1.29, 1.82) is 0 Å². The van der Waals surface area contributed by atoms with Crippen LogP contribution in [0.2, 0.25) is 5.02 Å². The SMILES string of the molecule is O=C(OCc1cccc(Cl)c1)C1CCN(C2=NS(=O)(=O)c3ccccc32)CC1. The summed E-state index contributed by atoms with van der Waals surface area (Å²) < 4.78 is 33.8. The summed E-state index contributed by atoms with van der Waals surface area (Å²) >= 11 is 5.94. The first-order valence-electron chi connectivity index (χ1n) is 9.04. The summed E-state index contributed by atoms with van der Waals surface area (Å²) in [7, 11) is -3.63. The Morgan fingerprint density at radius 3 is 2.64 bits per heavy atom. The summed E-state index contributed by atoms with van der Waals surface area (Å²) in [6, 6.07) is 14.0. The zero-order chi connectivity index (χ0) is 19.7. The van der Waals surface area contributed by atoms with Crippen LogP contribution in [-0.2, 0) is 26.2 Å². The smallest absolute Gasteiger partial charge is 0.309 e. The molecule has 4 rings (SSSR count). The van der Waals surface area contributed by atoms with Gasteiger partial charge in [-0.15, -0.1) is 4.40 Å². The molecule has 0 atom stereocenters. The first-order valence-corrected chi connectivity index (χ1v) is 10.9. The van der Waals surface area contributed by atoms with Crippen LogP contribution in [0.4, 0.5) is 0 Å². The molecule has 0 N–H and O–H groups in total. The number of carbonyl (C=O) groups excluding carboxylic acids is 1. The van der Waals surface area contributed by atoms with Crippen molar-refractivity contribution in [3.8, 4) is 0 Å². The molecule has 2 aliphatic rings. The lowest BCUT2D eigenvalue weighted by Gasteiger charge is -2.32. The van der Waals surface area contributed by atoms with E-state index in [1.807, 2.05) is 17.0 Å². The van der Waals surface area contributed by atoms with E-state index in [1.54, 1.807) is 36.4 Å². The number of ether oxygens (including phenoxy) is 1. The molecule has 0 bridgehead atoms. The quantitative estimate of drug-likeness (QED) is 0.715. The van der Waals surface area contributed by atoms with Crippen LogP contribution in [0.3, 0.4) is 0 Å². The van der Waals surface area contributed by atoms with Crippen LogP contribution in [0, 0.1) is 5.92 Å². The third kappa shape index (κ3) is 3.77. The second-order valence-corrected chi connectivity index (χ2v) is 8.89. The van der Waals surface area contributed by atoms with Crippen molar-refractivity contribution in [3.63, 3.8) is 0 Å². The maximum Gasteiger partial charge on any atom is 0.309 e. The van der Waals surface area contributed by atoms with Crippen LogP contribution in [0.5, 0.6) is 0 Å². The van der Waals surface area contributed by atoms with E-state index in [0.717, 1.165) is 5.56 Å². The number of hydrogen-bond acceptors (Lipinski definition) is 5. The van der Waals surface area contributed by atoms with Crippen molar-refractivity contribution in [2.24, 2.45) is 10.3 Å². The van der Waals surface area contributed by atoms with E-state index < -0.39 is 10.0 Å². The van der Waals surface area contributed by atoms with Crippen LogP contribution in [-0.4, -0.2) is 38.2 Å². The minimum Gasteiger partial charge on any atom is -0.461 e. The molecule has 146 valence electrons. The average molecular weight is 419 g/mol.